The Morgan fingerprint density at radius 2 is 2.08 bits per heavy atom. The lowest BCUT2D eigenvalue weighted by atomic mass is 9.99. The fourth-order valence-electron chi connectivity index (χ4n) is 2.98. The van der Waals surface area contributed by atoms with Gasteiger partial charge in [-0.05, 0) is 50.5 Å². The molecular weight excluding hydrogens is 355 g/mol. The molecule has 1 atom stereocenters. The molecule has 1 unspecified atom stereocenters. The van der Waals surface area contributed by atoms with Crippen molar-refractivity contribution in [2.75, 3.05) is 38.0 Å². The van der Waals surface area contributed by atoms with Gasteiger partial charge in [0.2, 0.25) is 5.91 Å². The molecule has 142 valence electrons. The van der Waals surface area contributed by atoms with Gasteiger partial charge in [-0.3, -0.25) is 9.69 Å². The van der Waals surface area contributed by atoms with Crippen LogP contribution in [0.3, 0.4) is 0 Å². The van der Waals surface area contributed by atoms with E-state index in [1.807, 2.05) is 11.8 Å². The van der Waals surface area contributed by atoms with Crippen LogP contribution >= 0.6 is 12.4 Å². The van der Waals surface area contributed by atoms with E-state index in [4.69, 9.17) is 0 Å². The van der Waals surface area contributed by atoms with Crippen LogP contribution in [-0.4, -0.2) is 43.5 Å². The number of nitrogens with zero attached hydrogens (tertiary/aromatic N) is 1. The van der Waals surface area contributed by atoms with Crippen LogP contribution in [0.1, 0.15) is 25.3 Å². The number of carbonyl (C=O) groups excluding carboxylic acids is 1. The summed E-state index contributed by atoms with van der Waals surface area (Å²) in [5.74, 6) is 0.0614. The molecular formula is C17H25ClF3N3O. The molecule has 4 nitrogen and oxygen atoms in total. The van der Waals surface area contributed by atoms with E-state index in [-0.39, 0.29) is 24.6 Å². The van der Waals surface area contributed by atoms with Crippen molar-refractivity contribution < 1.29 is 18.0 Å². The molecule has 2 rings (SSSR count). The predicted octanol–water partition coefficient (Wildman–Crippen LogP) is 3.39. The van der Waals surface area contributed by atoms with E-state index in [9.17, 15) is 18.0 Å². The first-order chi connectivity index (χ1) is 11.4. The topological polar surface area (TPSA) is 44.4 Å². The summed E-state index contributed by atoms with van der Waals surface area (Å²) in [6.07, 6.45) is -2.25. The maximum absolute atomic E-state index is 13.0. The summed E-state index contributed by atoms with van der Waals surface area (Å²) < 4.78 is 38.9. The molecule has 1 aliphatic rings. The second-order valence-electron chi connectivity index (χ2n) is 6.13. The quantitative estimate of drug-likeness (QED) is 0.796. The van der Waals surface area contributed by atoms with Gasteiger partial charge >= 0.3 is 6.18 Å². The normalized spacial score (nSPS) is 17.9. The number of carbonyl (C=O) groups is 1. The van der Waals surface area contributed by atoms with E-state index < -0.39 is 17.6 Å². The third-order valence-corrected chi connectivity index (χ3v) is 4.24. The Morgan fingerprint density at radius 3 is 2.68 bits per heavy atom. The van der Waals surface area contributed by atoms with Gasteiger partial charge < -0.3 is 10.6 Å². The van der Waals surface area contributed by atoms with Gasteiger partial charge in [0.15, 0.2) is 0 Å². The molecule has 8 heteroatoms. The lowest BCUT2D eigenvalue weighted by Gasteiger charge is -2.29. The number of nitrogens with one attached hydrogen (secondary N) is 2. The smallest absolute Gasteiger partial charge is 0.324 e. The van der Waals surface area contributed by atoms with E-state index in [0.717, 1.165) is 38.5 Å². The lowest BCUT2D eigenvalue weighted by Crippen LogP contribution is -2.41. The first kappa shape index (κ1) is 21.7. The highest BCUT2D eigenvalue weighted by Crippen LogP contribution is 2.34. The Labute approximate surface area is 152 Å². The lowest BCUT2D eigenvalue weighted by molar-refractivity contribution is -0.137. The number of piperidine rings is 1. The number of hydrogen-bond acceptors (Lipinski definition) is 3. The van der Waals surface area contributed by atoms with Crippen molar-refractivity contribution in [1.29, 1.82) is 0 Å². The first-order valence-electron chi connectivity index (χ1n) is 8.29. The zero-order valence-electron chi connectivity index (χ0n) is 14.2. The molecule has 1 aromatic rings. The third-order valence-electron chi connectivity index (χ3n) is 4.24. The van der Waals surface area contributed by atoms with Crippen molar-refractivity contribution in [2.45, 2.75) is 25.9 Å². The standard InChI is InChI=1S/C17H24F3N3O.ClH/c1-2-23(11-13-6-5-9-21-10-13)12-16(24)22-15-8-4-3-7-14(15)17(18,19)20;/h3-4,7-8,13,21H,2,5-6,9-12H2,1H3,(H,22,24);1H. The maximum atomic E-state index is 13.0. The Bertz CT molecular complexity index is 548. The molecule has 1 aliphatic heterocycles. The zero-order valence-corrected chi connectivity index (χ0v) is 15.1. The molecule has 0 aliphatic carbocycles. The molecule has 0 aromatic heterocycles. The minimum atomic E-state index is -4.48. The number of likely N-dealkylation sites (N-methyl/N-ethyl adjacent to an activating group) is 1. The minimum absolute atomic E-state index is 0. The van der Waals surface area contributed by atoms with Crippen LogP contribution in [0.4, 0.5) is 18.9 Å². The second kappa shape index (κ2) is 9.99. The monoisotopic (exact) mass is 379 g/mol. The van der Waals surface area contributed by atoms with E-state index in [2.05, 4.69) is 10.6 Å². The van der Waals surface area contributed by atoms with Gasteiger partial charge in [-0.25, -0.2) is 0 Å². The number of para-hydroxylation sites is 1. The van der Waals surface area contributed by atoms with Crippen molar-refractivity contribution in [3.05, 3.63) is 29.8 Å². The summed E-state index contributed by atoms with van der Waals surface area (Å²) in [4.78, 5) is 14.1. The molecule has 1 aromatic carbocycles. The van der Waals surface area contributed by atoms with Gasteiger partial charge in [-0.2, -0.15) is 13.2 Å². The van der Waals surface area contributed by atoms with E-state index in [1.54, 1.807) is 0 Å². The number of alkyl halides is 3. The first-order valence-corrected chi connectivity index (χ1v) is 8.29. The highest BCUT2D eigenvalue weighted by Gasteiger charge is 2.33. The van der Waals surface area contributed by atoms with Gasteiger partial charge in [0, 0.05) is 6.54 Å². The average Bonchev–Trinajstić information content (AvgIpc) is 2.54. The van der Waals surface area contributed by atoms with Crippen LogP contribution in [0.2, 0.25) is 0 Å². The second-order valence-corrected chi connectivity index (χ2v) is 6.13. The van der Waals surface area contributed by atoms with Gasteiger partial charge in [-0.15, -0.1) is 12.4 Å². The summed E-state index contributed by atoms with van der Waals surface area (Å²) in [6.45, 7) is 5.46. The molecule has 0 bridgehead atoms. The van der Waals surface area contributed by atoms with Crippen LogP contribution in [0.5, 0.6) is 0 Å². The number of rotatable bonds is 6. The van der Waals surface area contributed by atoms with E-state index in [0.29, 0.717) is 12.5 Å². The van der Waals surface area contributed by atoms with E-state index >= 15 is 0 Å². The SMILES string of the molecule is CCN(CC(=O)Nc1ccccc1C(F)(F)F)CC1CCCNC1.Cl. The number of hydrogen-bond donors (Lipinski definition) is 2. The maximum Gasteiger partial charge on any atom is 0.418 e. The third kappa shape index (κ3) is 6.84. The Morgan fingerprint density at radius 1 is 1.36 bits per heavy atom. The van der Waals surface area contributed by atoms with Gasteiger partial charge in [-0.1, -0.05) is 19.1 Å². The number of halogens is 4. The molecule has 0 saturated carbocycles. The van der Waals surface area contributed by atoms with Crippen LogP contribution in [0.25, 0.3) is 0 Å². The largest absolute Gasteiger partial charge is 0.418 e. The highest BCUT2D eigenvalue weighted by atomic mass is 35.5. The predicted molar refractivity (Wildman–Crippen MR) is 95.0 cm³/mol. The van der Waals surface area contributed by atoms with Crippen molar-refractivity contribution >= 4 is 24.0 Å². The minimum Gasteiger partial charge on any atom is -0.324 e. The van der Waals surface area contributed by atoms with Gasteiger partial charge in [0.05, 0.1) is 17.8 Å². The van der Waals surface area contributed by atoms with Gasteiger partial charge in [0.1, 0.15) is 0 Å². The fraction of sp³-hybridized carbons (Fsp3) is 0.588. The summed E-state index contributed by atoms with van der Waals surface area (Å²) in [5.41, 5.74) is -1.01. The molecule has 1 amide bonds. The molecule has 1 heterocycles. The average molecular weight is 380 g/mol. The Hall–Kier alpha value is -1.31. The van der Waals surface area contributed by atoms with Crippen molar-refractivity contribution in [2.24, 2.45) is 5.92 Å². The number of amides is 1. The van der Waals surface area contributed by atoms with Crippen molar-refractivity contribution in [3.63, 3.8) is 0 Å². The summed E-state index contributed by atoms with van der Waals surface area (Å²) in [6, 6.07) is 5.05. The zero-order chi connectivity index (χ0) is 17.6. The molecule has 1 fully saturated rings. The summed E-state index contributed by atoms with van der Waals surface area (Å²) >= 11 is 0. The van der Waals surface area contributed by atoms with E-state index in [1.165, 1.54) is 18.2 Å². The highest BCUT2D eigenvalue weighted by molar-refractivity contribution is 5.93. The molecule has 25 heavy (non-hydrogen) atoms. The molecule has 0 radical (unpaired) electrons. The molecule has 1 saturated heterocycles. The van der Waals surface area contributed by atoms with Crippen LogP contribution in [0, 0.1) is 5.92 Å². The van der Waals surface area contributed by atoms with Crippen LogP contribution in [0.15, 0.2) is 24.3 Å². The number of benzene rings is 1. The fourth-order valence-corrected chi connectivity index (χ4v) is 2.98. The Kier molecular flexibility index (Phi) is 8.68. The molecule has 2 N–H and O–H groups in total. The Balaban J connectivity index is 0.00000312. The van der Waals surface area contributed by atoms with Crippen LogP contribution in [-0.2, 0) is 11.0 Å². The van der Waals surface area contributed by atoms with Crippen molar-refractivity contribution in [3.8, 4) is 0 Å². The van der Waals surface area contributed by atoms with Gasteiger partial charge in [0.25, 0.3) is 0 Å². The summed E-state index contributed by atoms with van der Waals surface area (Å²) in [5, 5.41) is 5.73. The summed E-state index contributed by atoms with van der Waals surface area (Å²) in [7, 11) is 0. The molecule has 0 spiro atoms. The van der Waals surface area contributed by atoms with Crippen LogP contribution < -0.4 is 10.6 Å². The number of anilines is 1. The van der Waals surface area contributed by atoms with Crippen molar-refractivity contribution in [1.82, 2.24) is 10.2 Å².